The first-order valence-corrected chi connectivity index (χ1v) is 7.74. The molecule has 1 rings (SSSR count). The van der Waals surface area contributed by atoms with Gasteiger partial charge >= 0.3 is 0 Å². The maximum Gasteiger partial charge on any atom is 0.234 e. The zero-order valence-electron chi connectivity index (χ0n) is 13.3. The van der Waals surface area contributed by atoms with Crippen LogP contribution in [0.3, 0.4) is 0 Å². The highest BCUT2D eigenvalue weighted by atomic mass is 16.1. The van der Waals surface area contributed by atoms with Crippen molar-refractivity contribution >= 4 is 5.91 Å². The van der Waals surface area contributed by atoms with Gasteiger partial charge in [0, 0.05) is 0 Å². The number of hydrogen-bond acceptors (Lipinski definition) is 2. The number of hydrogen-bond donors (Lipinski definition) is 2. The minimum atomic E-state index is -0.224. The van der Waals surface area contributed by atoms with Gasteiger partial charge in [-0.3, -0.25) is 4.79 Å². The quantitative estimate of drug-likeness (QED) is 0.805. The smallest absolute Gasteiger partial charge is 0.234 e. The Kier molecular flexibility index (Phi) is 5.84. The van der Waals surface area contributed by atoms with Crippen molar-refractivity contribution in [3.05, 3.63) is 0 Å². The maximum absolute atomic E-state index is 11.4. The topological polar surface area (TPSA) is 55.1 Å². The second-order valence-electron chi connectivity index (χ2n) is 7.62. The van der Waals surface area contributed by atoms with E-state index in [0.29, 0.717) is 11.3 Å². The molecule has 0 saturated heterocycles. The number of nitrogens with two attached hydrogens (primary N) is 1. The van der Waals surface area contributed by atoms with Gasteiger partial charge in [0.2, 0.25) is 5.91 Å². The van der Waals surface area contributed by atoms with Gasteiger partial charge in [-0.15, -0.1) is 0 Å². The van der Waals surface area contributed by atoms with Gasteiger partial charge in [-0.05, 0) is 55.4 Å². The summed E-state index contributed by atoms with van der Waals surface area (Å²) in [4.78, 5) is 11.4. The van der Waals surface area contributed by atoms with E-state index in [2.05, 4.69) is 26.1 Å². The van der Waals surface area contributed by atoms with Crippen LogP contribution in [0.5, 0.6) is 0 Å². The molecule has 3 heteroatoms. The van der Waals surface area contributed by atoms with Crippen molar-refractivity contribution in [2.45, 2.75) is 66.3 Å². The highest BCUT2D eigenvalue weighted by Crippen LogP contribution is 2.39. The molecule has 0 aromatic heterocycles. The predicted octanol–water partition coefficient (Wildman–Crippen LogP) is 2.94. The van der Waals surface area contributed by atoms with Gasteiger partial charge in [-0.2, -0.15) is 0 Å². The van der Waals surface area contributed by atoms with Crippen LogP contribution in [0.15, 0.2) is 0 Å². The van der Waals surface area contributed by atoms with E-state index in [4.69, 9.17) is 5.73 Å². The van der Waals surface area contributed by atoms with Crippen LogP contribution in [0.2, 0.25) is 0 Å². The molecular formula is C16H32N2O. The second-order valence-corrected chi connectivity index (χ2v) is 7.62. The third kappa shape index (κ3) is 5.13. The fourth-order valence-electron chi connectivity index (χ4n) is 3.19. The minimum absolute atomic E-state index is 0.180. The summed E-state index contributed by atoms with van der Waals surface area (Å²) >= 11 is 0. The molecule has 1 amide bonds. The van der Waals surface area contributed by atoms with Crippen LogP contribution in [0.4, 0.5) is 0 Å². The van der Waals surface area contributed by atoms with Gasteiger partial charge in [-0.25, -0.2) is 0 Å². The lowest BCUT2D eigenvalue weighted by Crippen LogP contribution is -2.47. The Hall–Kier alpha value is -0.570. The summed E-state index contributed by atoms with van der Waals surface area (Å²) < 4.78 is 0. The number of carbonyl (C=O) groups is 1. The molecule has 1 fully saturated rings. The van der Waals surface area contributed by atoms with E-state index in [1.807, 2.05) is 13.8 Å². The normalized spacial score (nSPS) is 26.4. The van der Waals surface area contributed by atoms with Gasteiger partial charge in [0.1, 0.15) is 0 Å². The molecule has 3 N–H and O–H groups in total. The van der Waals surface area contributed by atoms with Crippen LogP contribution < -0.4 is 11.1 Å². The van der Waals surface area contributed by atoms with Gasteiger partial charge in [-0.1, -0.05) is 34.6 Å². The highest BCUT2D eigenvalue weighted by Gasteiger charge is 2.30. The lowest BCUT2D eigenvalue weighted by atomic mass is 9.70. The zero-order valence-corrected chi connectivity index (χ0v) is 13.3. The van der Waals surface area contributed by atoms with E-state index >= 15 is 0 Å². The van der Waals surface area contributed by atoms with Crippen LogP contribution in [0, 0.1) is 23.2 Å². The third-order valence-electron chi connectivity index (χ3n) is 4.67. The van der Waals surface area contributed by atoms with Crippen molar-refractivity contribution in [1.82, 2.24) is 5.32 Å². The summed E-state index contributed by atoms with van der Waals surface area (Å²) in [6, 6.07) is -0.180. The molecule has 1 saturated carbocycles. The second kappa shape index (κ2) is 6.74. The van der Waals surface area contributed by atoms with Crippen molar-refractivity contribution in [1.29, 1.82) is 0 Å². The molecule has 0 spiro atoms. The molecule has 112 valence electrons. The van der Waals surface area contributed by atoms with Crippen molar-refractivity contribution in [2.75, 3.05) is 6.54 Å². The van der Waals surface area contributed by atoms with Gasteiger partial charge in [0.15, 0.2) is 0 Å². The van der Waals surface area contributed by atoms with Crippen LogP contribution in [0.25, 0.3) is 0 Å². The molecule has 0 aromatic carbocycles. The summed E-state index contributed by atoms with van der Waals surface area (Å²) in [6.07, 6.45) is 5.19. The lowest BCUT2D eigenvalue weighted by molar-refractivity contribution is -0.121. The molecule has 3 nitrogen and oxygen atoms in total. The number of carbonyl (C=O) groups excluding carboxylic acids is 1. The van der Waals surface area contributed by atoms with E-state index < -0.39 is 0 Å². The monoisotopic (exact) mass is 268 g/mol. The summed E-state index contributed by atoms with van der Waals surface area (Å²) in [5.41, 5.74) is 5.87. The van der Waals surface area contributed by atoms with E-state index in [-0.39, 0.29) is 17.9 Å². The number of amides is 1. The molecule has 1 unspecified atom stereocenters. The average molecular weight is 268 g/mol. The summed E-state index contributed by atoms with van der Waals surface area (Å²) in [5, 5.41) is 3.37. The lowest BCUT2D eigenvalue weighted by Gasteiger charge is -2.37. The predicted molar refractivity (Wildman–Crippen MR) is 80.7 cm³/mol. The van der Waals surface area contributed by atoms with Crippen molar-refractivity contribution < 1.29 is 4.79 Å². The largest absolute Gasteiger partial charge is 0.368 e. The van der Waals surface area contributed by atoms with Gasteiger partial charge in [0.25, 0.3) is 0 Å². The first-order chi connectivity index (χ1) is 8.71. The van der Waals surface area contributed by atoms with E-state index in [0.717, 1.165) is 12.5 Å². The molecule has 0 heterocycles. The van der Waals surface area contributed by atoms with Gasteiger partial charge in [0.05, 0.1) is 6.04 Å². The molecule has 1 aliphatic rings. The molecule has 0 bridgehead atoms. The van der Waals surface area contributed by atoms with Crippen LogP contribution in [-0.2, 0) is 4.79 Å². The Morgan fingerprint density at radius 2 is 1.74 bits per heavy atom. The molecular weight excluding hydrogens is 236 g/mol. The molecule has 0 aliphatic heterocycles. The average Bonchev–Trinajstić information content (AvgIpc) is 2.27. The number of rotatable bonds is 5. The summed E-state index contributed by atoms with van der Waals surface area (Å²) in [5.74, 6) is 1.60. The van der Waals surface area contributed by atoms with Crippen molar-refractivity contribution in [3.8, 4) is 0 Å². The zero-order chi connectivity index (χ0) is 14.6. The van der Waals surface area contributed by atoms with E-state index in [9.17, 15) is 4.79 Å². The molecule has 0 radical (unpaired) electrons. The van der Waals surface area contributed by atoms with E-state index in [1.165, 1.54) is 25.7 Å². The Labute approximate surface area is 118 Å². The van der Waals surface area contributed by atoms with Crippen molar-refractivity contribution in [2.24, 2.45) is 28.9 Å². The highest BCUT2D eigenvalue weighted by molar-refractivity contribution is 5.80. The SMILES string of the molecule is CC(C)C(NCC1CCC(C(C)(C)C)CC1)C(N)=O. The van der Waals surface area contributed by atoms with E-state index in [1.54, 1.807) is 0 Å². The first kappa shape index (κ1) is 16.5. The minimum Gasteiger partial charge on any atom is -0.368 e. The number of nitrogens with one attached hydrogen (secondary N) is 1. The van der Waals surface area contributed by atoms with Crippen LogP contribution >= 0.6 is 0 Å². The molecule has 1 atom stereocenters. The number of primary amides is 1. The third-order valence-corrected chi connectivity index (χ3v) is 4.67. The Balaban J connectivity index is 2.35. The Bertz CT molecular complexity index is 286. The Morgan fingerprint density at radius 1 is 1.21 bits per heavy atom. The summed E-state index contributed by atoms with van der Waals surface area (Å²) in [7, 11) is 0. The fraction of sp³-hybridized carbons (Fsp3) is 0.938. The standard InChI is InChI=1S/C16H32N2O/c1-11(2)14(15(17)19)18-10-12-6-8-13(9-7-12)16(3,4)5/h11-14,18H,6-10H2,1-5H3,(H2,17,19). The van der Waals surface area contributed by atoms with Gasteiger partial charge < -0.3 is 11.1 Å². The molecule has 0 aromatic rings. The fourth-order valence-corrected chi connectivity index (χ4v) is 3.19. The van der Waals surface area contributed by atoms with Crippen LogP contribution in [0.1, 0.15) is 60.3 Å². The molecule has 1 aliphatic carbocycles. The first-order valence-electron chi connectivity index (χ1n) is 7.74. The summed E-state index contributed by atoms with van der Waals surface area (Å²) in [6.45, 7) is 12.1. The van der Waals surface area contributed by atoms with Crippen molar-refractivity contribution in [3.63, 3.8) is 0 Å². The van der Waals surface area contributed by atoms with Crippen LogP contribution in [-0.4, -0.2) is 18.5 Å². The maximum atomic E-state index is 11.4. The Morgan fingerprint density at radius 3 is 2.11 bits per heavy atom. The molecule has 19 heavy (non-hydrogen) atoms.